The van der Waals surface area contributed by atoms with Gasteiger partial charge in [-0.1, -0.05) is 75.4 Å². The molecule has 22 heavy (non-hydrogen) atoms. The summed E-state index contributed by atoms with van der Waals surface area (Å²) >= 11 is 0. The van der Waals surface area contributed by atoms with E-state index in [0.29, 0.717) is 5.75 Å². The number of phenolic OH excluding ortho intramolecular Hbond substituents is 1. The summed E-state index contributed by atoms with van der Waals surface area (Å²) in [6.07, 6.45) is 7.90. The van der Waals surface area contributed by atoms with Gasteiger partial charge in [0.2, 0.25) is 0 Å². The lowest BCUT2D eigenvalue weighted by Gasteiger charge is -2.05. The van der Waals surface area contributed by atoms with Crippen LogP contribution in [0.5, 0.6) is 11.5 Å². The third-order valence-electron chi connectivity index (χ3n) is 3.27. The summed E-state index contributed by atoms with van der Waals surface area (Å²) in [7, 11) is 0. The predicted molar refractivity (Wildman–Crippen MR) is 93.4 cm³/mol. The molecule has 0 bridgehead atoms. The van der Waals surface area contributed by atoms with Crippen molar-refractivity contribution in [1.82, 2.24) is 0 Å². The fraction of sp³-hybridized carbons (Fsp3) is 0.400. The van der Waals surface area contributed by atoms with Crippen molar-refractivity contribution in [2.24, 2.45) is 0 Å². The van der Waals surface area contributed by atoms with E-state index in [1.807, 2.05) is 36.4 Å². The molecule has 2 rings (SSSR count). The fourth-order valence-corrected chi connectivity index (χ4v) is 2.02. The molecule has 0 aliphatic carbocycles. The molecule has 0 atom stereocenters. The molecule has 2 nitrogen and oxygen atoms in total. The summed E-state index contributed by atoms with van der Waals surface area (Å²) in [4.78, 5) is 0. The molecule has 1 N–H and O–H groups in total. The number of benzene rings is 2. The van der Waals surface area contributed by atoms with E-state index >= 15 is 0 Å². The van der Waals surface area contributed by atoms with Gasteiger partial charge in [0, 0.05) is 0 Å². The molecule has 0 spiro atoms. The molecule has 2 heteroatoms. The monoisotopic (exact) mass is 300 g/mol. The van der Waals surface area contributed by atoms with E-state index in [4.69, 9.17) is 9.84 Å². The zero-order valence-corrected chi connectivity index (χ0v) is 13.6. The van der Waals surface area contributed by atoms with Gasteiger partial charge in [0.15, 0.2) is 0 Å². The van der Waals surface area contributed by atoms with Crippen molar-refractivity contribution in [2.75, 3.05) is 6.61 Å². The molecule has 120 valence electrons. The Labute approximate surface area is 134 Å². The number of para-hydroxylation sites is 2. The van der Waals surface area contributed by atoms with Gasteiger partial charge >= 0.3 is 0 Å². The molecule has 0 radical (unpaired) electrons. The fourth-order valence-electron chi connectivity index (χ4n) is 2.02. The van der Waals surface area contributed by atoms with E-state index in [9.17, 15) is 0 Å². The number of hydrogen-bond acceptors (Lipinski definition) is 2. The minimum atomic E-state index is 0.322. The van der Waals surface area contributed by atoms with Crippen LogP contribution in [0.4, 0.5) is 0 Å². The van der Waals surface area contributed by atoms with Crippen LogP contribution in [-0.2, 0) is 0 Å². The number of hydrogen-bond donors (Lipinski definition) is 1. The normalized spacial score (nSPS) is 9.68. The summed E-state index contributed by atoms with van der Waals surface area (Å²) in [6, 6.07) is 18.8. The first-order chi connectivity index (χ1) is 10.8. The largest absolute Gasteiger partial charge is 0.508 e. The van der Waals surface area contributed by atoms with Crippen LogP contribution in [0, 0.1) is 0 Å². The predicted octanol–water partition coefficient (Wildman–Crippen LogP) is 5.82. The summed E-state index contributed by atoms with van der Waals surface area (Å²) in [6.45, 7) is 3.11. The average Bonchev–Trinajstić information content (AvgIpc) is 2.56. The number of aromatic hydroxyl groups is 1. The quantitative estimate of drug-likeness (QED) is 0.623. The molecule has 0 fully saturated rings. The minimum absolute atomic E-state index is 0.322. The van der Waals surface area contributed by atoms with E-state index in [1.54, 1.807) is 24.3 Å². The van der Waals surface area contributed by atoms with Crippen LogP contribution in [0.2, 0.25) is 0 Å². The van der Waals surface area contributed by atoms with Crippen molar-refractivity contribution in [3.05, 3.63) is 60.7 Å². The van der Waals surface area contributed by atoms with E-state index in [0.717, 1.165) is 12.4 Å². The third kappa shape index (κ3) is 9.87. The van der Waals surface area contributed by atoms with E-state index in [1.165, 1.54) is 38.5 Å². The molecule has 0 aromatic heterocycles. The first-order valence-electron chi connectivity index (χ1n) is 8.24. The Bertz CT molecular complexity index is 454. The molecule has 0 aliphatic rings. The van der Waals surface area contributed by atoms with Gasteiger partial charge in [-0.3, -0.25) is 0 Å². The first-order valence-corrected chi connectivity index (χ1v) is 8.24. The number of unbranched alkanes of at least 4 members (excludes halogenated alkanes) is 5. The zero-order valence-electron chi connectivity index (χ0n) is 13.6. The second kappa shape index (κ2) is 12.8. The third-order valence-corrected chi connectivity index (χ3v) is 3.27. The summed E-state index contributed by atoms with van der Waals surface area (Å²) < 4.78 is 5.61. The van der Waals surface area contributed by atoms with Crippen molar-refractivity contribution in [1.29, 1.82) is 0 Å². The van der Waals surface area contributed by atoms with Crippen molar-refractivity contribution >= 4 is 0 Å². The molecule has 0 amide bonds. The maximum atomic E-state index is 8.63. The van der Waals surface area contributed by atoms with Gasteiger partial charge in [0.1, 0.15) is 11.5 Å². The van der Waals surface area contributed by atoms with Gasteiger partial charge in [-0.15, -0.1) is 0 Å². The Morgan fingerprint density at radius 3 is 1.82 bits per heavy atom. The van der Waals surface area contributed by atoms with Crippen LogP contribution in [0.1, 0.15) is 45.4 Å². The van der Waals surface area contributed by atoms with Gasteiger partial charge in [0.05, 0.1) is 6.61 Å². The number of ether oxygens (including phenoxy) is 1. The van der Waals surface area contributed by atoms with Gasteiger partial charge in [0.25, 0.3) is 0 Å². The molecular weight excluding hydrogens is 272 g/mol. The lowest BCUT2D eigenvalue weighted by molar-refractivity contribution is 0.304. The van der Waals surface area contributed by atoms with Crippen molar-refractivity contribution in [3.8, 4) is 11.5 Å². The van der Waals surface area contributed by atoms with E-state index < -0.39 is 0 Å². The second-order valence-electron chi connectivity index (χ2n) is 5.26. The minimum Gasteiger partial charge on any atom is -0.508 e. The Hall–Kier alpha value is -1.96. The summed E-state index contributed by atoms with van der Waals surface area (Å²) in [5.41, 5.74) is 0. The molecule has 2 aromatic rings. The number of rotatable bonds is 8. The zero-order chi connectivity index (χ0) is 15.9. The Morgan fingerprint density at radius 2 is 1.27 bits per heavy atom. The van der Waals surface area contributed by atoms with Crippen molar-refractivity contribution in [2.45, 2.75) is 45.4 Å². The Kier molecular flexibility index (Phi) is 10.5. The SMILES string of the molecule is CCCCCCCCOc1ccccc1.Oc1ccccc1. The van der Waals surface area contributed by atoms with Crippen LogP contribution < -0.4 is 4.74 Å². The highest BCUT2D eigenvalue weighted by Crippen LogP contribution is 2.10. The van der Waals surface area contributed by atoms with Crippen LogP contribution >= 0.6 is 0 Å². The molecular formula is C20H28O2. The van der Waals surface area contributed by atoms with E-state index in [2.05, 4.69) is 6.92 Å². The topological polar surface area (TPSA) is 29.5 Å². The highest BCUT2D eigenvalue weighted by molar-refractivity contribution is 5.20. The number of phenols is 1. The maximum absolute atomic E-state index is 8.63. The van der Waals surface area contributed by atoms with Gasteiger partial charge in [-0.25, -0.2) is 0 Å². The second-order valence-corrected chi connectivity index (χ2v) is 5.26. The highest BCUT2D eigenvalue weighted by atomic mass is 16.5. The van der Waals surface area contributed by atoms with Gasteiger partial charge < -0.3 is 9.84 Å². The van der Waals surface area contributed by atoms with Gasteiger partial charge in [-0.2, -0.15) is 0 Å². The summed E-state index contributed by atoms with van der Waals surface area (Å²) in [5, 5.41) is 8.63. The molecule has 2 aromatic carbocycles. The van der Waals surface area contributed by atoms with Crippen LogP contribution in [-0.4, -0.2) is 11.7 Å². The molecule has 0 saturated carbocycles. The lowest BCUT2D eigenvalue weighted by atomic mass is 10.1. The first kappa shape index (κ1) is 18.1. The Balaban J connectivity index is 0.000000287. The Morgan fingerprint density at radius 1 is 0.727 bits per heavy atom. The smallest absolute Gasteiger partial charge is 0.119 e. The molecule has 0 heterocycles. The maximum Gasteiger partial charge on any atom is 0.119 e. The standard InChI is InChI=1S/C14H22O.C6H6O/c1-2-3-4-5-6-10-13-15-14-11-8-7-9-12-14;7-6-4-2-1-3-5-6/h7-9,11-12H,2-6,10,13H2,1H3;1-5,7H. The average molecular weight is 300 g/mol. The van der Waals surface area contributed by atoms with Crippen LogP contribution in [0.3, 0.4) is 0 Å². The molecule has 0 saturated heterocycles. The lowest BCUT2D eigenvalue weighted by Crippen LogP contribution is -1.96. The molecule has 0 unspecified atom stereocenters. The van der Waals surface area contributed by atoms with E-state index in [-0.39, 0.29) is 0 Å². The van der Waals surface area contributed by atoms with Crippen LogP contribution in [0.15, 0.2) is 60.7 Å². The molecule has 0 aliphatic heterocycles. The van der Waals surface area contributed by atoms with Gasteiger partial charge in [-0.05, 0) is 30.7 Å². The van der Waals surface area contributed by atoms with Crippen LogP contribution in [0.25, 0.3) is 0 Å². The summed E-state index contributed by atoms with van der Waals surface area (Å²) in [5.74, 6) is 1.31. The highest BCUT2D eigenvalue weighted by Gasteiger charge is 1.92. The van der Waals surface area contributed by atoms with Crippen molar-refractivity contribution in [3.63, 3.8) is 0 Å². The van der Waals surface area contributed by atoms with Crippen molar-refractivity contribution < 1.29 is 9.84 Å².